The predicted octanol–water partition coefficient (Wildman–Crippen LogP) is 3.55. The standard InChI is InChI=1S/C17H21N5O/c1-9(2)5-16(23)20-15-8-14(21-22-15)17-18-12-6-10(3)11(4)7-13(12)19-17/h6-9H,5H2,1-4H3,(H,18,19)(H2,20,21,22,23). The quantitative estimate of drug-likeness (QED) is 0.688. The lowest BCUT2D eigenvalue weighted by Gasteiger charge is -2.03. The van der Waals surface area contributed by atoms with Crippen molar-refractivity contribution >= 4 is 22.8 Å². The first-order valence-electron chi connectivity index (χ1n) is 7.75. The van der Waals surface area contributed by atoms with Crippen LogP contribution >= 0.6 is 0 Å². The summed E-state index contributed by atoms with van der Waals surface area (Å²) in [7, 11) is 0. The zero-order valence-corrected chi connectivity index (χ0v) is 13.8. The predicted molar refractivity (Wildman–Crippen MR) is 91.2 cm³/mol. The highest BCUT2D eigenvalue weighted by molar-refractivity contribution is 5.90. The number of hydrogen-bond acceptors (Lipinski definition) is 3. The van der Waals surface area contributed by atoms with Crippen LogP contribution in [0.15, 0.2) is 18.2 Å². The van der Waals surface area contributed by atoms with E-state index in [0.29, 0.717) is 24.0 Å². The Morgan fingerprint density at radius 1 is 1.22 bits per heavy atom. The number of nitrogens with zero attached hydrogens (tertiary/aromatic N) is 2. The number of amides is 1. The number of fused-ring (bicyclic) bond motifs is 1. The molecule has 2 aromatic heterocycles. The average molecular weight is 311 g/mol. The van der Waals surface area contributed by atoms with E-state index in [4.69, 9.17) is 0 Å². The summed E-state index contributed by atoms with van der Waals surface area (Å²) in [4.78, 5) is 19.7. The lowest BCUT2D eigenvalue weighted by atomic mass is 10.1. The van der Waals surface area contributed by atoms with Gasteiger partial charge in [-0.1, -0.05) is 13.8 Å². The van der Waals surface area contributed by atoms with Crippen LogP contribution in [-0.4, -0.2) is 26.1 Å². The maximum absolute atomic E-state index is 11.8. The molecule has 3 rings (SSSR count). The fourth-order valence-corrected chi connectivity index (χ4v) is 2.47. The first-order valence-corrected chi connectivity index (χ1v) is 7.75. The Bertz CT molecular complexity index is 820. The van der Waals surface area contributed by atoms with Gasteiger partial charge in [0.05, 0.1) is 11.0 Å². The van der Waals surface area contributed by atoms with Gasteiger partial charge in [-0.25, -0.2) is 4.98 Å². The minimum atomic E-state index is -0.0334. The molecular formula is C17H21N5O. The Hall–Kier alpha value is -2.63. The van der Waals surface area contributed by atoms with Crippen LogP contribution in [0.25, 0.3) is 22.6 Å². The SMILES string of the molecule is Cc1cc2nc(-c3cc(NC(=O)CC(C)C)n[nH]3)[nH]c2cc1C. The maximum atomic E-state index is 11.8. The minimum Gasteiger partial charge on any atom is -0.337 e. The fourth-order valence-electron chi connectivity index (χ4n) is 2.47. The lowest BCUT2D eigenvalue weighted by molar-refractivity contribution is -0.116. The third-order valence-corrected chi connectivity index (χ3v) is 3.79. The highest BCUT2D eigenvalue weighted by Gasteiger charge is 2.12. The van der Waals surface area contributed by atoms with Crippen LogP contribution in [0.5, 0.6) is 0 Å². The average Bonchev–Trinajstić information content (AvgIpc) is 3.05. The highest BCUT2D eigenvalue weighted by atomic mass is 16.1. The molecule has 0 aliphatic rings. The van der Waals surface area contributed by atoms with E-state index < -0.39 is 0 Å². The molecule has 0 unspecified atom stereocenters. The van der Waals surface area contributed by atoms with E-state index in [2.05, 4.69) is 51.5 Å². The van der Waals surface area contributed by atoms with E-state index >= 15 is 0 Å². The second-order valence-electron chi connectivity index (χ2n) is 6.35. The largest absolute Gasteiger partial charge is 0.337 e. The van der Waals surface area contributed by atoms with Gasteiger partial charge in [0, 0.05) is 12.5 Å². The number of nitrogens with one attached hydrogen (secondary N) is 3. The van der Waals surface area contributed by atoms with Crippen molar-refractivity contribution in [2.45, 2.75) is 34.1 Å². The molecule has 0 aliphatic heterocycles. The molecule has 2 heterocycles. The number of hydrogen-bond donors (Lipinski definition) is 3. The molecule has 6 heteroatoms. The summed E-state index contributed by atoms with van der Waals surface area (Å²) in [5.41, 5.74) is 5.09. The van der Waals surface area contributed by atoms with E-state index in [9.17, 15) is 4.79 Å². The summed E-state index contributed by atoms with van der Waals surface area (Å²) < 4.78 is 0. The van der Waals surface area contributed by atoms with Crippen molar-refractivity contribution < 1.29 is 4.79 Å². The van der Waals surface area contributed by atoms with Gasteiger partial charge in [-0.15, -0.1) is 0 Å². The number of rotatable bonds is 4. The molecule has 1 amide bonds. The summed E-state index contributed by atoms with van der Waals surface area (Å²) in [6.45, 7) is 8.16. The van der Waals surface area contributed by atoms with Crippen molar-refractivity contribution in [3.8, 4) is 11.5 Å². The van der Waals surface area contributed by atoms with E-state index in [1.807, 2.05) is 13.8 Å². The molecule has 1 aromatic carbocycles. The molecule has 0 aliphatic carbocycles. The van der Waals surface area contributed by atoms with Gasteiger partial charge in [0.15, 0.2) is 11.6 Å². The van der Waals surface area contributed by atoms with Crippen molar-refractivity contribution in [1.82, 2.24) is 20.2 Å². The van der Waals surface area contributed by atoms with Crippen LogP contribution in [0.2, 0.25) is 0 Å². The van der Waals surface area contributed by atoms with Gasteiger partial charge in [-0.2, -0.15) is 5.10 Å². The van der Waals surface area contributed by atoms with Crippen LogP contribution < -0.4 is 5.32 Å². The number of aromatic amines is 2. The molecule has 3 aromatic rings. The minimum absolute atomic E-state index is 0.0334. The third kappa shape index (κ3) is 3.26. The van der Waals surface area contributed by atoms with Gasteiger partial charge in [0.1, 0.15) is 5.69 Å². The number of carbonyl (C=O) groups excluding carboxylic acids is 1. The Morgan fingerprint density at radius 2 is 1.96 bits per heavy atom. The Kier molecular flexibility index (Phi) is 3.90. The fraction of sp³-hybridized carbons (Fsp3) is 0.353. The first-order chi connectivity index (χ1) is 10.9. The van der Waals surface area contributed by atoms with Gasteiger partial charge < -0.3 is 10.3 Å². The van der Waals surface area contributed by atoms with Crippen LogP contribution in [0.4, 0.5) is 5.82 Å². The Labute approximate surface area is 134 Å². The molecule has 23 heavy (non-hydrogen) atoms. The van der Waals surface area contributed by atoms with Crippen LogP contribution in [-0.2, 0) is 4.79 Å². The number of benzene rings is 1. The maximum Gasteiger partial charge on any atom is 0.225 e. The molecular weight excluding hydrogens is 290 g/mol. The molecule has 0 spiro atoms. The van der Waals surface area contributed by atoms with E-state index in [0.717, 1.165) is 16.7 Å². The molecule has 0 atom stereocenters. The first kappa shape index (κ1) is 15.3. The second-order valence-corrected chi connectivity index (χ2v) is 6.35. The van der Waals surface area contributed by atoms with Gasteiger partial charge in [-0.3, -0.25) is 9.89 Å². The molecule has 0 bridgehead atoms. The van der Waals surface area contributed by atoms with Gasteiger partial charge in [-0.05, 0) is 43.0 Å². The smallest absolute Gasteiger partial charge is 0.225 e. The van der Waals surface area contributed by atoms with Crippen molar-refractivity contribution in [1.29, 1.82) is 0 Å². The van der Waals surface area contributed by atoms with Crippen molar-refractivity contribution in [2.24, 2.45) is 5.92 Å². The van der Waals surface area contributed by atoms with E-state index in [1.54, 1.807) is 6.07 Å². The monoisotopic (exact) mass is 311 g/mol. The van der Waals surface area contributed by atoms with Crippen molar-refractivity contribution in [2.75, 3.05) is 5.32 Å². The summed E-state index contributed by atoms with van der Waals surface area (Å²) in [5, 5.41) is 9.83. The Balaban J connectivity index is 1.84. The summed E-state index contributed by atoms with van der Waals surface area (Å²) >= 11 is 0. The van der Waals surface area contributed by atoms with Crippen LogP contribution in [0, 0.1) is 19.8 Å². The topological polar surface area (TPSA) is 86.5 Å². The van der Waals surface area contributed by atoms with Crippen molar-refractivity contribution in [3.63, 3.8) is 0 Å². The van der Waals surface area contributed by atoms with E-state index in [1.165, 1.54) is 11.1 Å². The molecule has 0 saturated heterocycles. The van der Waals surface area contributed by atoms with Gasteiger partial charge in [0.2, 0.25) is 5.91 Å². The Morgan fingerprint density at radius 3 is 2.70 bits per heavy atom. The number of imidazole rings is 1. The number of aryl methyl sites for hydroxylation is 2. The highest BCUT2D eigenvalue weighted by Crippen LogP contribution is 2.23. The molecule has 6 nitrogen and oxygen atoms in total. The summed E-state index contributed by atoms with van der Waals surface area (Å²) in [5.74, 6) is 1.50. The number of carbonyl (C=O) groups is 1. The number of anilines is 1. The zero-order chi connectivity index (χ0) is 16.6. The van der Waals surface area contributed by atoms with E-state index in [-0.39, 0.29) is 5.91 Å². The lowest BCUT2D eigenvalue weighted by Crippen LogP contribution is -2.13. The van der Waals surface area contributed by atoms with Crippen LogP contribution in [0.3, 0.4) is 0 Å². The molecule has 0 fully saturated rings. The molecule has 0 radical (unpaired) electrons. The summed E-state index contributed by atoms with van der Waals surface area (Å²) in [6, 6.07) is 5.94. The zero-order valence-electron chi connectivity index (χ0n) is 13.8. The number of aromatic nitrogens is 4. The second kappa shape index (κ2) is 5.87. The van der Waals surface area contributed by atoms with Gasteiger partial charge >= 0.3 is 0 Å². The van der Waals surface area contributed by atoms with Crippen molar-refractivity contribution in [3.05, 3.63) is 29.3 Å². The normalized spacial score (nSPS) is 11.3. The molecule has 3 N–H and O–H groups in total. The summed E-state index contributed by atoms with van der Waals surface area (Å²) in [6.07, 6.45) is 0.478. The molecule has 0 saturated carbocycles. The number of H-pyrrole nitrogens is 2. The molecule has 120 valence electrons. The van der Waals surface area contributed by atoms with Gasteiger partial charge in [0.25, 0.3) is 0 Å². The third-order valence-electron chi connectivity index (χ3n) is 3.79. The van der Waals surface area contributed by atoms with Crippen LogP contribution in [0.1, 0.15) is 31.4 Å².